The molecule has 0 spiro atoms. The minimum Gasteiger partial charge on any atom is -0.497 e. The highest BCUT2D eigenvalue weighted by Crippen LogP contribution is 2.34. The largest absolute Gasteiger partial charge is 0.497 e. The number of carbonyl (C=O) groups is 1. The van der Waals surface area contributed by atoms with Crippen LogP contribution in [0, 0.1) is 12.7 Å². The van der Waals surface area contributed by atoms with Gasteiger partial charge in [0, 0.05) is 24.9 Å². The first kappa shape index (κ1) is 17.2. The number of carbonyl (C=O) groups excluding carboxylic acids is 1. The lowest BCUT2D eigenvalue weighted by Gasteiger charge is -2.19. The molecule has 1 aliphatic heterocycles. The fourth-order valence-electron chi connectivity index (χ4n) is 3.27. The number of anilines is 1. The second-order valence-electron chi connectivity index (χ2n) is 6.50. The Kier molecular flexibility index (Phi) is 4.35. The lowest BCUT2D eigenvalue weighted by atomic mass is 10.1. The van der Waals surface area contributed by atoms with Gasteiger partial charge < -0.3 is 14.2 Å². The molecule has 1 aromatic heterocycles. The number of halogens is 1. The molecule has 1 atom stereocenters. The van der Waals surface area contributed by atoms with Crippen LogP contribution in [0.3, 0.4) is 0 Å². The normalized spacial score (nSPS) is 16.8. The van der Waals surface area contributed by atoms with Gasteiger partial charge in [-0.15, -0.1) is 0 Å². The summed E-state index contributed by atoms with van der Waals surface area (Å²) in [6, 6.07) is 11.8. The smallest absolute Gasteiger partial charge is 0.260 e. The zero-order valence-electron chi connectivity index (χ0n) is 15.0. The molecular formula is C20H18FN3O3. The Balaban J connectivity index is 1.59. The van der Waals surface area contributed by atoms with E-state index in [4.69, 9.17) is 9.26 Å². The van der Waals surface area contributed by atoms with Gasteiger partial charge in [-0.05, 0) is 30.7 Å². The molecule has 3 aromatic rings. The zero-order chi connectivity index (χ0) is 19.0. The van der Waals surface area contributed by atoms with E-state index in [2.05, 4.69) is 10.1 Å². The van der Waals surface area contributed by atoms with Crippen LogP contribution >= 0.6 is 0 Å². The second kappa shape index (κ2) is 6.83. The van der Waals surface area contributed by atoms with E-state index in [1.807, 2.05) is 25.1 Å². The van der Waals surface area contributed by atoms with Crippen LogP contribution in [-0.4, -0.2) is 29.7 Å². The third-order valence-corrected chi connectivity index (χ3v) is 4.74. The molecule has 138 valence electrons. The van der Waals surface area contributed by atoms with Gasteiger partial charge in [-0.3, -0.25) is 4.79 Å². The summed E-state index contributed by atoms with van der Waals surface area (Å²) < 4.78 is 24.4. The molecule has 0 saturated carbocycles. The number of hydrogen-bond donors (Lipinski definition) is 0. The van der Waals surface area contributed by atoms with E-state index >= 15 is 0 Å². The van der Waals surface area contributed by atoms with E-state index in [9.17, 15) is 9.18 Å². The Labute approximate surface area is 155 Å². The third-order valence-electron chi connectivity index (χ3n) is 4.74. The first-order valence-corrected chi connectivity index (χ1v) is 8.60. The van der Waals surface area contributed by atoms with Crippen molar-refractivity contribution >= 4 is 11.6 Å². The van der Waals surface area contributed by atoms with Crippen molar-refractivity contribution in [3.63, 3.8) is 0 Å². The van der Waals surface area contributed by atoms with E-state index in [-0.39, 0.29) is 29.7 Å². The van der Waals surface area contributed by atoms with Gasteiger partial charge in [0.2, 0.25) is 5.91 Å². The molecule has 4 rings (SSSR count). The molecule has 1 amide bonds. The highest BCUT2D eigenvalue weighted by atomic mass is 19.1. The number of nitrogens with zero attached hydrogens (tertiary/aromatic N) is 3. The first-order valence-electron chi connectivity index (χ1n) is 8.60. The van der Waals surface area contributed by atoms with Gasteiger partial charge in [-0.25, -0.2) is 4.39 Å². The van der Waals surface area contributed by atoms with Gasteiger partial charge >= 0.3 is 0 Å². The molecular weight excluding hydrogens is 349 g/mol. The standard InChI is InChI=1S/C20H18FN3O3/c1-12-7-8-14(26-2)10-17(12)24-11-13(9-18(24)25)19-22-20(27-23-19)15-5-3-4-6-16(15)21/h3-8,10,13H,9,11H2,1-2H3. The minimum absolute atomic E-state index is 0.0198. The summed E-state index contributed by atoms with van der Waals surface area (Å²) in [5.74, 6) is 0.550. The number of benzene rings is 2. The van der Waals surface area contributed by atoms with Gasteiger partial charge in [-0.1, -0.05) is 23.4 Å². The summed E-state index contributed by atoms with van der Waals surface area (Å²) >= 11 is 0. The number of aromatic nitrogens is 2. The van der Waals surface area contributed by atoms with E-state index < -0.39 is 5.82 Å². The Morgan fingerprint density at radius 3 is 2.85 bits per heavy atom. The molecule has 2 aromatic carbocycles. The molecule has 0 aliphatic carbocycles. The van der Waals surface area contributed by atoms with Crippen LogP contribution in [0.25, 0.3) is 11.5 Å². The van der Waals surface area contributed by atoms with Crippen molar-refractivity contribution in [1.29, 1.82) is 0 Å². The van der Waals surface area contributed by atoms with Crippen molar-refractivity contribution in [2.75, 3.05) is 18.6 Å². The van der Waals surface area contributed by atoms with Crippen LogP contribution in [0.2, 0.25) is 0 Å². The molecule has 0 bridgehead atoms. The van der Waals surface area contributed by atoms with Crippen LogP contribution < -0.4 is 9.64 Å². The maximum absolute atomic E-state index is 13.9. The summed E-state index contributed by atoms with van der Waals surface area (Å²) in [7, 11) is 1.59. The van der Waals surface area contributed by atoms with Crippen LogP contribution in [0.5, 0.6) is 5.75 Å². The molecule has 1 fully saturated rings. The summed E-state index contributed by atoms with van der Waals surface area (Å²) in [4.78, 5) is 18.6. The van der Waals surface area contributed by atoms with Crippen molar-refractivity contribution in [3.05, 3.63) is 59.7 Å². The number of methoxy groups -OCH3 is 1. The zero-order valence-corrected chi connectivity index (χ0v) is 15.0. The van der Waals surface area contributed by atoms with Gasteiger partial charge in [0.05, 0.1) is 18.4 Å². The van der Waals surface area contributed by atoms with Crippen molar-refractivity contribution in [2.45, 2.75) is 19.3 Å². The van der Waals surface area contributed by atoms with Crippen molar-refractivity contribution < 1.29 is 18.4 Å². The van der Waals surface area contributed by atoms with Crippen molar-refractivity contribution in [3.8, 4) is 17.2 Å². The Morgan fingerprint density at radius 2 is 2.07 bits per heavy atom. The fraction of sp³-hybridized carbons (Fsp3) is 0.250. The van der Waals surface area contributed by atoms with E-state index in [0.29, 0.717) is 18.1 Å². The average molecular weight is 367 g/mol. The van der Waals surface area contributed by atoms with Gasteiger partial charge in [0.1, 0.15) is 11.6 Å². The Hall–Kier alpha value is -3.22. The van der Waals surface area contributed by atoms with Crippen LogP contribution in [0.1, 0.15) is 23.7 Å². The van der Waals surface area contributed by atoms with Crippen molar-refractivity contribution in [1.82, 2.24) is 10.1 Å². The first-order chi connectivity index (χ1) is 13.1. The molecule has 1 aliphatic rings. The lowest BCUT2D eigenvalue weighted by molar-refractivity contribution is -0.117. The topological polar surface area (TPSA) is 68.5 Å². The maximum Gasteiger partial charge on any atom is 0.260 e. The van der Waals surface area contributed by atoms with E-state index in [1.54, 1.807) is 30.2 Å². The molecule has 1 unspecified atom stereocenters. The number of hydrogen-bond acceptors (Lipinski definition) is 5. The van der Waals surface area contributed by atoms with Gasteiger partial charge in [0.15, 0.2) is 5.82 Å². The quantitative estimate of drug-likeness (QED) is 0.703. The number of rotatable bonds is 4. The maximum atomic E-state index is 13.9. The van der Waals surface area contributed by atoms with Crippen LogP contribution in [0.15, 0.2) is 47.0 Å². The fourth-order valence-corrected chi connectivity index (χ4v) is 3.27. The van der Waals surface area contributed by atoms with Crippen LogP contribution in [-0.2, 0) is 4.79 Å². The number of amides is 1. The average Bonchev–Trinajstić information content (AvgIpc) is 3.29. The van der Waals surface area contributed by atoms with Gasteiger partial charge in [0.25, 0.3) is 5.89 Å². The highest BCUT2D eigenvalue weighted by Gasteiger charge is 2.35. The second-order valence-corrected chi connectivity index (χ2v) is 6.50. The summed E-state index contributed by atoms with van der Waals surface area (Å²) in [5.41, 5.74) is 2.03. The lowest BCUT2D eigenvalue weighted by Crippen LogP contribution is -2.25. The Morgan fingerprint density at radius 1 is 1.26 bits per heavy atom. The third kappa shape index (κ3) is 3.16. The van der Waals surface area contributed by atoms with E-state index in [1.165, 1.54) is 6.07 Å². The molecule has 27 heavy (non-hydrogen) atoms. The number of aryl methyl sites for hydroxylation is 1. The molecule has 1 saturated heterocycles. The minimum atomic E-state index is -0.427. The summed E-state index contributed by atoms with van der Waals surface area (Å²) in [5, 5.41) is 3.98. The monoisotopic (exact) mass is 367 g/mol. The summed E-state index contributed by atoms with van der Waals surface area (Å²) in [6.07, 6.45) is 0.271. The molecule has 2 heterocycles. The van der Waals surface area contributed by atoms with Gasteiger partial charge in [-0.2, -0.15) is 4.98 Å². The van der Waals surface area contributed by atoms with E-state index in [0.717, 1.165) is 11.3 Å². The highest BCUT2D eigenvalue weighted by molar-refractivity contribution is 5.97. The molecule has 6 nitrogen and oxygen atoms in total. The molecule has 0 radical (unpaired) electrons. The predicted octanol–water partition coefficient (Wildman–Crippen LogP) is 3.71. The molecule has 7 heteroatoms. The summed E-state index contributed by atoms with van der Waals surface area (Å²) in [6.45, 7) is 2.38. The van der Waals surface area contributed by atoms with Crippen molar-refractivity contribution in [2.24, 2.45) is 0 Å². The predicted molar refractivity (Wildman–Crippen MR) is 97.1 cm³/mol. The SMILES string of the molecule is COc1ccc(C)c(N2CC(c3noc(-c4ccccc4F)n3)CC2=O)c1. The van der Waals surface area contributed by atoms with Crippen LogP contribution in [0.4, 0.5) is 10.1 Å². The molecule has 0 N–H and O–H groups in total. The Bertz CT molecular complexity index is 1000. The number of ether oxygens (including phenoxy) is 1.